The zero-order chi connectivity index (χ0) is 17.4. The van der Waals surface area contributed by atoms with Gasteiger partial charge in [-0.25, -0.2) is 9.59 Å². The standard InChI is InChI=1S/C16H22N2O5/c1-10(2)6-7-17-16(22)18-14(20)9-23-15(21)12-5-4-11(3)8-13(12)19/h4-5,8,10,19H,6-7,9H2,1-3H3,(H2,17,18,20,22). The average molecular weight is 322 g/mol. The Bertz CT molecular complexity index is 584. The van der Waals surface area contributed by atoms with E-state index in [0.717, 1.165) is 12.0 Å². The van der Waals surface area contributed by atoms with Crippen LogP contribution in [0.15, 0.2) is 18.2 Å². The Morgan fingerprint density at radius 3 is 2.57 bits per heavy atom. The molecule has 23 heavy (non-hydrogen) atoms. The summed E-state index contributed by atoms with van der Waals surface area (Å²) >= 11 is 0. The van der Waals surface area contributed by atoms with E-state index in [2.05, 4.69) is 10.6 Å². The number of esters is 1. The summed E-state index contributed by atoms with van der Waals surface area (Å²) in [7, 11) is 0. The van der Waals surface area contributed by atoms with Crippen molar-refractivity contribution in [2.24, 2.45) is 5.92 Å². The van der Waals surface area contributed by atoms with E-state index < -0.39 is 24.5 Å². The summed E-state index contributed by atoms with van der Waals surface area (Å²) in [5.41, 5.74) is 0.750. The van der Waals surface area contributed by atoms with Crippen LogP contribution in [-0.2, 0) is 9.53 Å². The van der Waals surface area contributed by atoms with Gasteiger partial charge in [-0.05, 0) is 37.0 Å². The third-order valence-corrected chi connectivity index (χ3v) is 2.97. The molecule has 3 amide bonds. The van der Waals surface area contributed by atoms with Gasteiger partial charge >= 0.3 is 12.0 Å². The quantitative estimate of drug-likeness (QED) is 0.692. The summed E-state index contributed by atoms with van der Waals surface area (Å²) in [5, 5.41) is 14.2. The number of hydrogen-bond donors (Lipinski definition) is 3. The van der Waals surface area contributed by atoms with E-state index in [9.17, 15) is 19.5 Å². The molecule has 3 N–H and O–H groups in total. The van der Waals surface area contributed by atoms with E-state index in [4.69, 9.17) is 4.74 Å². The first-order chi connectivity index (χ1) is 10.8. The maximum atomic E-state index is 11.8. The van der Waals surface area contributed by atoms with Gasteiger partial charge in [0.15, 0.2) is 6.61 Å². The molecule has 126 valence electrons. The number of phenols is 1. The van der Waals surface area contributed by atoms with Gasteiger partial charge in [-0.2, -0.15) is 0 Å². The van der Waals surface area contributed by atoms with Gasteiger partial charge in [0.2, 0.25) is 0 Å². The van der Waals surface area contributed by atoms with Crippen LogP contribution in [0.3, 0.4) is 0 Å². The van der Waals surface area contributed by atoms with E-state index in [0.29, 0.717) is 12.5 Å². The minimum Gasteiger partial charge on any atom is -0.507 e. The van der Waals surface area contributed by atoms with Crippen molar-refractivity contribution in [1.29, 1.82) is 0 Å². The predicted molar refractivity (Wildman–Crippen MR) is 84.1 cm³/mol. The minimum atomic E-state index is -0.835. The molecule has 0 saturated carbocycles. The highest BCUT2D eigenvalue weighted by Crippen LogP contribution is 2.19. The Morgan fingerprint density at radius 2 is 1.96 bits per heavy atom. The molecule has 0 aliphatic heterocycles. The summed E-state index contributed by atoms with van der Waals surface area (Å²) < 4.78 is 4.76. The van der Waals surface area contributed by atoms with E-state index in [1.54, 1.807) is 13.0 Å². The van der Waals surface area contributed by atoms with E-state index in [1.807, 2.05) is 13.8 Å². The van der Waals surface area contributed by atoms with Crippen LogP contribution in [0.2, 0.25) is 0 Å². The van der Waals surface area contributed by atoms with Crippen LogP contribution in [0.1, 0.15) is 36.2 Å². The van der Waals surface area contributed by atoms with Crippen LogP contribution in [-0.4, -0.2) is 36.2 Å². The van der Waals surface area contributed by atoms with Crippen LogP contribution in [0.5, 0.6) is 5.75 Å². The van der Waals surface area contributed by atoms with Crippen molar-refractivity contribution >= 4 is 17.9 Å². The highest BCUT2D eigenvalue weighted by atomic mass is 16.5. The Kier molecular flexibility index (Phi) is 7.05. The fraction of sp³-hybridized carbons (Fsp3) is 0.438. The molecular formula is C16H22N2O5. The second-order valence-corrected chi connectivity index (χ2v) is 5.58. The molecule has 0 fully saturated rings. The molecule has 7 heteroatoms. The molecule has 1 aromatic rings. The molecule has 0 bridgehead atoms. The monoisotopic (exact) mass is 322 g/mol. The number of ether oxygens (including phenoxy) is 1. The highest BCUT2D eigenvalue weighted by molar-refractivity contribution is 5.97. The fourth-order valence-corrected chi connectivity index (χ4v) is 1.70. The lowest BCUT2D eigenvalue weighted by Gasteiger charge is -2.09. The number of aromatic hydroxyl groups is 1. The number of phenolic OH excluding ortho intramolecular Hbond substituents is 1. The maximum Gasteiger partial charge on any atom is 0.342 e. The van der Waals surface area contributed by atoms with Crippen molar-refractivity contribution in [1.82, 2.24) is 10.6 Å². The van der Waals surface area contributed by atoms with Gasteiger partial charge in [0.1, 0.15) is 11.3 Å². The number of benzene rings is 1. The molecule has 0 aromatic heterocycles. The van der Waals surface area contributed by atoms with Crippen molar-refractivity contribution in [2.45, 2.75) is 27.2 Å². The maximum absolute atomic E-state index is 11.8. The lowest BCUT2D eigenvalue weighted by Crippen LogP contribution is -2.41. The number of carbonyl (C=O) groups is 3. The van der Waals surface area contributed by atoms with E-state index >= 15 is 0 Å². The molecule has 0 aliphatic carbocycles. The zero-order valence-corrected chi connectivity index (χ0v) is 13.5. The molecule has 0 radical (unpaired) electrons. The second-order valence-electron chi connectivity index (χ2n) is 5.58. The lowest BCUT2D eigenvalue weighted by atomic mass is 10.1. The van der Waals surface area contributed by atoms with Crippen LogP contribution in [0, 0.1) is 12.8 Å². The number of urea groups is 1. The third kappa shape index (κ3) is 6.82. The number of nitrogens with one attached hydrogen (secondary N) is 2. The van der Waals surface area contributed by atoms with Gasteiger partial charge in [0.05, 0.1) is 0 Å². The molecule has 1 rings (SSSR count). The molecule has 0 saturated heterocycles. The largest absolute Gasteiger partial charge is 0.507 e. The van der Waals surface area contributed by atoms with Gasteiger partial charge in [-0.15, -0.1) is 0 Å². The highest BCUT2D eigenvalue weighted by Gasteiger charge is 2.15. The van der Waals surface area contributed by atoms with Crippen molar-refractivity contribution in [3.8, 4) is 5.75 Å². The van der Waals surface area contributed by atoms with Crippen molar-refractivity contribution in [3.05, 3.63) is 29.3 Å². The fourth-order valence-electron chi connectivity index (χ4n) is 1.70. The summed E-state index contributed by atoms with van der Waals surface area (Å²) in [5.74, 6) is -1.36. The van der Waals surface area contributed by atoms with Gasteiger partial charge in [-0.1, -0.05) is 19.9 Å². The summed E-state index contributed by atoms with van der Waals surface area (Å²) in [6.45, 7) is 5.65. The van der Waals surface area contributed by atoms with Gasteiger partial charge in [0.25, 0.3) is 5.91 Å². The SMILES string of the molecule is Cc1ccc(C(=O)OCC(=O)NC(=O)NCCC(C)C)c(O)c1. The zero-order valence-electron chi connectivity index (χ0n) is 13.5. The Labute approximate surface area is 135 Å². The number of imide groups is 1. The number of rotatable bonds is 6. The molecular weight excluding hydrogens is 300 g/mol. The van der Waals surface area contributed by atoms with Crippen LogP contribution < -0.4 is 10.6 Å². The van der Waals surface area contributed by atoms with Gasteiger partial charge in [-0.3, -0.25) is 10.1 Å². The first kappa shape index (κ1) is 18.5. The smallest absolute Gasteiger partial charge is 0.342 e. The minimum absolute atomic E-state index is 0.0372. The topological polar surface area (TPSA) is 105 Å². The van der Waals surface area contributed by atoms with Crippen molar-refractivity contribution < 1.29 is 24.2 Å². The molecule has 0 spiro atoms. The summed E-state index contributed by atoms with van der Waals surface area (Å²) in [6.07, 6.45) is 0.795. The van der Waals surface area contributed by atoms with Gasteiger partial charge < -0.3 is 15.2 Å². The third-order valence-electron chi connectivity index (χ3n) is 2.97. The molecule has 1 aromatic carbocycles. The Balaban J connectivity index is 2.38. The summed E-state index contributed by atoms with van der Waals surface area (Å²) in [6, 6.07) is 3.82. The second kappa shape index (κ2) is 8.77. The average Bonchev–Trinajstić information content (AvgIpc) is 2.44. The Hall–Kier alpha value is -2.57. The first-order valence-corrected chi connectivity index (χ1v) is 7.34. The number of carbonyl (C=O) groups excluding carboxylic acids is 3. The molecule has 0 heterocycles. The van der Waals surface area contributed by atoms with E-state index in [-0.39, 0.29) is 11.3 Å². The predicted octanol–water partition coefficient (Wildman–Crippen LogP) is 1.73. The van der Waals surface area contributed by atoms with Gasteiger partial charge in [0, 0.05) is 6.54 Å². The normalized spacial score (nSPS) is 10.3. The van der Waals surface area contributed by atoms with E-state index in [1.165, 1.54) is 12.1 Å². The molecule has 0 unspecified atom stereocenters. The van der Waals surface area contributed by atoms with Crippen molar-refractivity contribution in [2.75, 3.05) is 13.2 Å². The van der Waals surface area contributed by atoms with Crippen LogP contribution >= 0.6 is 0 Å². The first-order valence-electron chi connectivity index (χ1n) is 7.34. The van der Waals surface area contributed by atoms with Crippen LogP contribution in [0.4, 0.5) is 4.79 Å². The molecule has 0 aliphatic rings. The lowest BCUT2D eigenvalue weighted by molar-refractivity contribution is -0.123. The molecule has 7 nitrogen and oxygen atoms in total. The van der Waals surface area contributed by atoms with Crippen LogP contribution in [0.25, 0.3) is 0 Å². The number of aryl methyl sites for hydroxylation is 1. The molecule has 0 atom stereocenters. The summed E-state index contributed by atoms with van der Waals surface area (Å²) in [4.78, 5) is 34.7. The number of amides is 3. The number of hydrogen-bond acceptors (Lipinski definition) is 5. The van der Waals surface area contributed by atoms with Crippen molar-refractivity contribution in [3.63, 3.8) is 0 Å². The Morgan fingerprint density at radius 1 is 1.26 bits per heavy atom.